The van der Waals surface area contributed by atoms with Gasteiger partial charge in [-0.15, -0.1) is 0 Å². The van der Waals surface area contributed by atoms with Crippen molar-refractivity contribution in [3.8, 4) is 0 Å². The Morgan fingerprint density at radius 2 is 2.25 bits per heavy atom. The zero-order valence-electron chi connectivity index (χ0n) is 6.00. The molecule has 0 unspecified atom stereocenters. The third-order valence-electron chi connectivity index (χ3n) is 1.21. The standard InChI is InChI=1S/C7H6BrNO3/c8-6-3-5(10)1-4(9-6)2-7(11)12/h1,3H,2H2,(H,9,10)(H,11,12). The van der Waals surface area contributed by atoms with Crippen molar-refractivity contribution in [2.75, 3.05) is 0 Å². The Morgan fingerprint density at radius 3 is 2.75 bits per heavy atom. The van der Waals surface area contributed by atoms with Crippen LogP contribution in [0.15, 0.2) is 21.5 Å². The number of hydrogen-bond acceptors (Lipinski definition) is 2. The molecule has 1 rings (SSSR count). The zero-order valence-corrected chi connectivity index (χ0v) is 7.59. The minimum atomic E-state index is -0.969. The number of pyridine rings is 1. The Balaban J connectivity index is 3.01. The monoisotopic (exact) mass is 231 g/mol. The summed E-state index contributed by atoms with van der Waals surface area (Å²) < 4.78 is 0.492. The number of carboxylic acid groups (broad SMARTS) is 1. The minimum Gasteiger partial charge on any atom is -0.481 e. The van der Waals surface area contributed by atoms with Gasteiger partial charge in [0, 0.05) is 17.8 Å². The van der Waals surface area contributed by atoms with Crippen LogP contribution < -0.4 is 5.43 Å². The van der Waals surface area contributed by atoms with Crippen LogP contribution in [0.25, 0.3) is 0 Å². The summed E-state index contributed by atoms with van der Waals surface area (Å²) in [6.45, 7) is 0. The molecule has 64 valence electrons. The second kappa shape index (κ2) is 3.53. The maximum atomic E-state index is 10.8. The third-order valence-corrected chi connectivity index (χ3v) is 1.63. The molecule has 0 atom stereocenters. The van der Waals surface area contributed by atoms with Crippen molar-refractivity contribution < 1.29 is 9.90 Å². The first-order valence-corrected chi connectivity index (χ1v) is 3.98. The summed E-state index contributed by atoms with van der Waals surface area (Å²) in [7, 11) is 0. The van der Waals surface area contributed by atoms with Crippen LogP contribution >= 0.6 is 15.9 Å². The molecule has 0 saturated carbocycles. The molecule has 2 N–H and O–H groups in total. The molecule has 4 nitrogen and oxygen atoms in total. The number of hydrogen-bond donors (Lipinski definition) is 2. The number of carboxylic acids is 1. The summed E-state index contributed by atoms with van der Waals surface area (Å²) in [5.41, 5.74) is 0.179. The molecule has 0 saturated heterocycles. The summed E-state index contributed by atoms with van der Waals surface area (Å²) in [6, 6.07) is 2.60. The van der Waals surface area contributed by atoms with Crippen molar-refractivity contribution in [2.45, 2.75) is 6.42 Å². The highest BCUT2D eigenvalue weighted by molar-refractivity contribution is 9.10. The molecule has 0 bridgehead atoms. The van der Waals surface area contributed by atoms with Crippen molar-refractivity contribution in [1.82, 2.24) is 4.98 Å². The molecule has 0 aromatic carbocycles. The fourth-order valence-corrected chi connectivity index (χ4v) is 1.30. The number of nitrogens with one attached hydrogen (secondary N) is 1. The second-order valence-electron chi connectivity index (χ2n) is 2.26. The van der Waals surface area contributed by atoms with Gasteiger partial charge in [0.15, 0.2) is 5.43 Å². The summed E-state index contributed by atoms with van der Waals surface area (Å²) in [5.74, 6) is -0.969. The number of halogens is 1. The fraction of sp³-hybridized carbons (Fsp3) is 0.143. The highest BCUT2D eigenvalue weighted by atomic mass is 79.9. The smallest absolute Gasteiger partial charge is 0.309 e. The second-order valence-corrected chi connectivity index (χ2v) is 3.11. The van der Waals surface area contributed by atoms with Gasteiger partial charge in [-0.05, 0) is 15.9 Å². The average Bonchev–Trinajstić information content (AvgIpc) is 1.81. The summed E-state index contributed by atoms with van der Waals surface area (Å²) in [5, 5.41) is 8.41. The molecule has 0 amide bonds. The number of aromatic amines is 1. The van der Waals surface area contributed by atoms with Gasteiger partial charge in [0.1, 0.15) is 0 Å². The first kappa shape index (κ1) is 8.99. The highest BCUT2D eigenvalue weighted by Gasteiger charge is 2.01. The van der Waals surface area contributed by atoms with Gasteiger partial charge in [-0.1, -0.05) is 0 Å². The van der Waals surface area contributed by atoms with Crippen LogP contribution in [0.1, 0.15) is 5.69 Å². The van der Waals surface area contributed by atoms with Crippen molar-refractivity contribution in [3.63, 3.8) is 0 Å². The van der Waals surface area contributed by atoms with Gasteiger partial charge in [0.25, 0.3) is 0 Å². The van der Waals surface area contributed by atoms with Crippen molar-refractivity contribution in [1.29, 1.82) is 0 Å². The van der Waals surface area contributed by atoms with Gasteiger partial charge in [0.05, 0.1) is 11.0 Å². The normalized spacial score (nSPS) is 9.75. The summed E-state index contributed by atoms with van der Waals surface area (Å²) >= 11 is 3.05. The van der Waals surface area contributed by atoms with E-state index >= 15 is 0 Å². The molecule has 1 aromatic rings. The fourth-order valence-electron chi connectivity index (χ4n) is 0.822. The highest BCUT2D eigenvalue weighted by Crippen LogP contribution is 2.03. The van der Waals surface area contributed by atoms with Crippen LogP contribution in [0.3, 0.4) is 0 Å². The van der Waals surface area contributed by atoms with Gasteiger partial charge < -0.3 is 10.1 Å². The van der Waals surface area contributed by atoms with Crippen LogP contribution in [-0.2, 0) is 11.2 Å². The van der Waals surface area contributed by atoms with Gasteiger partial charge in [-0.3, -0.25) is 9.59 Å². The molecule has 0 spiro atoms. The number of H-pyrrole nitrogens is 1. The lowest BCUT2D eigenvalue weighted by molar-refractivity contribution is -0.136. The molecular weight excluding hydrogens is 226 g/mol. The Labute approximate surface area is 76.4 Å². The van der Waals surface area contributed by atoms with Crippen LogP contribution in [0.5, 0.6) is 0 Å². The molecule has 0 fully saturated rings. The maximum absolute atomic E-state index is 10.8. The Morgan fingerprint density at radius 1 is 1.58 bits per heavy atom. The van der Waals surface area contributed by atoms with Crippen LogP contribution in [0, 0.1) is 0 Å². The quantitative estimate of drug-likeness (QED) is 0.739. The van der Waals surface area contributed by atoms with Crippen LogP contribution in [0.2, 0.25) is 0 Å². The van der Waals surface area contributed by atoms with Crippen molar-refractivity contribution in [3.05, 3.63) is 32.7 Å². The number of carbonyl (C=O) groups is 1. The van der Waals surface area contributed by atoms with Crippen LogP contribution in [-0.4, -0.2) is 16.1 Å². The summed E-state index contributed by atoms with van der Waals surface area (Å²) in [4.78, 5) is 23.8. The van der Waals surface area contributed by atoms with E-state index in [1.807, 2.05) is 0 Å². The lowest BCUT2D eigenvalue weighted by atomic mass is 10.3. The SMILES string of the molecule is O=C(O)Cc1cc(=O)cc(Br)[nH]1. The van der Waals surface area contributed by atoms with E-state index < -0.39 is 5.97 Å². The predicted octanol–water partition coefficient (Wildman–Crippen LogP) is 0.765. The van der Waals surface area contributed by atoms with E-state index in [-0.39, 0.29) is 11.8 Å². The first-order valence-electron chi connectivity index (χ1n) is 3.18. The van der Waals surface area contributed by atoms with E-state index in [0.717, 1.165) is 0 Å². The Bertz CT molecular complexity index is 358. The molecule has 1 aromatic heterocycles. The lowest BCUT2D eigenvalue weighted by Gasteiger charge is -1.97. The van der Waals surface area contributed by atoms with Crippen molar-refractivity contribution >= 4 is 21.9 Å². The summed E-state index contributed by atoms with van der Waals surface area (Å²) in [6.07, 6.45) is -0.172. The molecule has 1 heterocycles. The average molecular weight is 232 g/mol. The van der Waals surface area contributed by atoms with E-state index in [1.54, 1.807) is 0 Å². The predicted molar refractivity (Wildman–Crippen MR) is 46.1 cm³/mol. The molecule has 5 heteroatoms. The molecule has 0 aliphatic carbocycles. The van der Waals surface area contributed by atoms with Gasteiger partial charge in [-0.25, -0.2) is 0 Å². The van der Waals surface area contributed by atoms with Gasteiger partial charge in [0.2, 0.25) is 0 Å². The van der Waals surface area contributed by atoms with Gasteiger partial charge in [-0.2, -0.15) is 0 Å². The number of aromatic nitrogens is 1. The number of rotatable bonds is 2. The molecule has 0 radical (unpaired) electrons. The van der Waals surface area contributed by atoms with E-state index in [9.17, 15) is 9.59 Å². The maximum Gasteiger partial charge on any atom is 0.309 e. The van der Waals surface area contributed by atoms with E-state index in [4.69, 9.17) is 5.11 Å². The first-order chi connectivity index (χ1) is 5.58. The topological polar surface area (TPSA) is 70.2 Å². The van der Waals surface area contributed by atoms with Crippen LogP contribution in [0.4, 0.5) is 0 Å². The zero-order chi connectivity index (χ0) is 9.14. The number of aliphatic carboxylic acids is 1. The van der Waals surface area contributed by atoms with E-state index in [2.05, 4.69) is 20.9 Å². The molecule has 12 heavy (non-hydrogen) atoms. The minimum absolute atomic E-state index is 0.172. The van der Waals surface area contributed by atoms with E-state index in [1.165, 1.54) is 12.1 Å². The largest absolute Gasteiger partial charge is 0.481 e. The molecule has 0 aliphatic rings. The van der Waals surface area contributed by atoms with E-state index in [0.29, 0.717) is 10.3 Å². The Hall–Kier alpha value is -1.10. The molecule has 0 aliphatic heterocycles. The van der Waals surface area contributed by atoms with Gasteiger partial charge >= 0.3 is 5.97 Å². The van der Waals surface area contributed by atoms with Crippen molar-refractivity contribution in [2.24, 2.45) is 0 Å². The molecular formula is C7H6BrNO3. The Kier molecular flexibility index (Phi) is 2.65. The lowest BCUT2D eigenvalue weighted by Crippen LogP contribution is -2.07. The third kappa shape index (κ3) is 2.50.